The lowest BCUT2D eigenvalue weighted by atomic mass is 9.90. The van der Waals surface area contributed by atoms with Crippen LogP contribution < -0.4 is 4.72 Å². The van der Waals surface area contributed by atoms with Gasteiger partial charge in [-0.2, -0.15) is 0 Å². The molecule has 32 heavy (non-hydrogen) atoms. The minimum absolute atomic E-state index is 0.0531. The van der Waals surface area contributed by atoms with E-state index in [1.54, 1.807) is 24.3 Å². The molecule has 0 unspecified atom stereocenters. The first kappa shape index (κ1) is 22.0. The average molecular weight is 453 g/mol. The number of benzene rings is 3. The molecule has 1 aliphatic rings. The fourth-order valence-corrected chi connectivity index (χ4v) is 5.09. The molecule has 0 aliphatic carbocycles. The lowest BCUT2D eigenvalue weighted by Crippen LogP contribution is -2.38. The van der Waals surface area contributed by atoms with Crippen LogP contribution in [0.3, 0.4) is 0 Å². The van der Waals surface area contributed by atoms with E-state index in [1.807, 2.05) is 11.0 Å². The van der Waals surface area contributed by atoms with Gasteiger partial charge in [-0.05, 0) is 73.2 Å². The van der Waals surface area contributed by atoms with E-state index in [2.05, 4.69) is 29.0 Å². The number of piperidine rings is 1. The third kappa shape index (κ3) is 5.34. The summed E-state index contributed by atoms with van der Waals surface area (Å²) in [6.45, 7) is 1.43. The number of hydrogen-bond donors (Lipinski definition) is 1. The molecule has 7 heteroatoms. The van der Waals surface area contributed by atoms with Crippen LogP contribution in [-0.2, 0) is 16.4 Å². The summed E-state index contributed by atoms with van der Waals surface area (Å²) in [6, 6.07) is 21.5. The number of carbonyl (C=O) groups excluding carboxylic acids is 1. The largest absolute Gasteiger partial charge is 0.339 e. The van der Waals surface area contributed by atoms with Crippen LogP contribution in [-0.4, -0.2) is 32.3 Å². The van der Waals surface area contributed by atoms with Crippen LogP contribution in [0.5, 0.6) is 0 Å². The zero-order valence-electron chi connectivity index (χ0n) is 17.6. The van der Waals surface area contributed by atoms with Crippen molar-refractivity contribution in [3.63, 3.8) is 0 Å². The maximum atomic E-state index is 13.4. The second kappa shape index (κ2) is 9.53. The summed E-state index contributed by atoms with van der Waals surface area (Å²) in [6.07, 6.45) is 2.96. The van der Waals surface area contributed by atoms with E-state index in [4.69, 9.17) is 0 Å². The Morgan fingerprint density at radius 1 is 0.938 bits per heavy atom. The molecule has 1 N–H and O–H groups in total. The zero-order valence-corrected chi connectivity index (χ0v) is 18.4. The van der Waals surface area contributed by atoms with Crippen molar-refractivity contribution in [2.45, 2.75) is 24.2 Å². The third-order valence-corrected chi connectivity index (χ3v) is 7.14. The molecule has 1 aliphatic heterocycles. The van der Waals surface area contributed by atoms with Crippen molar-refractivity contribution in [3.8, 4) is 0 Å². The summed E-state index contributed by atoms with van der Waals surface area (Å²) in [5, 5.41) is 0. The molecule has 0 bridgehead atoms. The van der Waals surface area contributed by atoms with E-state index in [1.165, 1.54) is 23.8 Å². The summed E-state index contributed by atoms with van der Waals surface area (Å²) in [7, 11) is -3.91. The van der Waals surface area contributed by atoms with Gasteiger partial charge in [-0.25, -0.2) is 12.8 Å². The van der Waals surface area contributed by atoms with Gasteiger partial charge in [0.05, 0.1) is 4.90 Å². The average Bonchev–Trinajstić information content (AvgIpc) is 2.80. The fourth-order valence-electron chi connectivity index (χ4n) is 4.00. The van der Waals surface area contributed by atoms with Gasteiger partial charge in [0.1, 0.15) is 5.82 Å². The van der Waals surface area contributed by atoms with E-state index in [0.29, 0.717) is 30.3 Å². The van der Waals surface area contributed by atoms with Gasteiger partial charge in [-0.1, -0.05) is 36.4 Å². The number of rotatable bonds is 6. The van der Waals surface area contributed by atoms with E-state index in [9.17, 15) is 17.6 Å². The molecule has 0 aromatic heterocycles. The van der Waals surface area contributed by atoms with Crippen LogP contribution in [0.4, 0.5) is 10.1 Å². The zero-order chi connectivity index (χ0) is 22.6. The highest BCUT2D eigenvalue weighted by Crippen LogP contribution is 2.24. The van der Waals surface area contributed by atoms with E-state index < -0.39 is 15.8 Å². The Morgan fingerprint density at radius 2 is 1.62 bits per heavy atom. The van der Waals surface area contributed by atoms with Gasteiger partial charge in [0.25, 0.3) is 15.9 Å². The molecule has 0 spiro atoms. The van der Waals surface area contributed by atoms with E-state index in [-0.39, 0.29) is 10.8 Å². The summed E-state index contributed by atoms with van der Waals surface area (Å²) >= 11 is 0. The quantitative estimate of drug-likeness (QED) is 0.588. The van der Waals surface area contributed by atoms with Gasteiger partial charge < -0.3 is 4.90 Å². The van der Waals surface area contributed by atoms with Crippen molar-refractivity contribution in [1.82, 2.24) is 4.90 Å². The van der Waals surface area contributed by atoms with Crippen LogP contribution in [0.2, 0.25) is 0 Å². The molecular weight excluding hydrogens is 427 g/mol. The third-order valence-electron chi connectivity index (χ3n) is 5.76. The molecule has 1 heterocycles. The van der Waals surface area contributed by atoms with Crippen molar-refractivity contribution in [1.29, 1.82) is 0 Å². The van der Waals surface area contributed by atoms with Gasteiger partial charge in [-0.3, -0.25) is 9.52 Å². The molecule has 3 aromatic carbocycles. The van der Waals surface area contributed by atoms with Crippen LogP contribution >= 0.6 is 0 Å². The first-order valence-electron chi connectivity index (χ1n) is 10.6. The van der Waals surface area contributed by atoms with Crippen molar-refractivity contribution in [3.05, 3.63) is 95.8 Å². The molecule has 4 rings (SSSR count). The molecule has 0 saturated carbocycles. The normalized spacial score (nSPS) is 14.8. The van der Waals surface area contributed by atoms with Gasteiger partial charge >= 0.3 is 0 Å². The molecule has 1 saturated heterocycles. The highest BCUT2D eigenvalue weighted by Gasteiger charge is 2.24. The molecular formula is C25H25FN2O3S. The van der Waals surface area contributed by atoms with Gasteiger partial charge in [0.2, 0.25) is 0 Å². The number of nitrogens with zero attached hydrogens (tertiary/aromatic N) is 1. The van der Waals surface area contributed by atoms with Crippen LogP contribution in [0.1, 0.15) is 28.8 Å². The van der Waals surface area contributed by atoms with Crippen LogP contribution in [0.25, 0.3) is 0 Å². The Kier molecular flexibility index (Phi) is 6.55. The predicted molar refractivity (Wildman–Crippen MR) is 122 cm³/mol. The summed E-state index contributed by atoms with van der Waals surface area (Å²) in [5.41, 5.74) is 2.15. The molecule has 1 fully saturated rings. The number of sulfonamides is 1. The minimum atomic E-state index is -3.91. The Morgan fingerprint density at radius 3 is 2.28 bits per heavy atom. The Hall–Kier alpha value is -3.19. The number of amides is 1. The first-order chi connectivity index (χ1) is 15.4. The standard InChI is InChI=1S/C25H25FN2O3S/c26-22-7-4-8-24(18-22)32(30,31)27-23-11-9-21(10-12-23)25(29)28-15-13-20(14-16-28)17-19-5-2-1-3-6-19/h1-12,18,20,27H,13-17H2. The predicted octanol–water partition coefficient (Wildman–Crippen LogP) is 4.72. The fraction of sp³-hybridized carbons (Fsp3) is 0.240. The monoisotopic (exact) mass is 452 g/mol. The van der Waals surface area contributed by atoms with E-state index >= 15 is 0 Å². The molecule has 0 atom stereocenters. The highest BCUT2D eigenvalue weighted by atomic mass is 32.2. The molecule has 166 valence electrons. The maximum Gasteiger partial charge on any atom is 0.261 e. The number of hydrogen-bond acceptors (Lipinski definition) is 3. The summed E-state index contributed by atoms with van der Waals surface area (Å²) in [4.78, 5) is 14.6. The van der Waals surface area contributed by atoms with Gasteiger partial charge in [0.15, 0.2) is 0 Å². The molecule has 3 aromatic rings. The number of nitrogens with one attached hydrogen (secondary N) is 1. The number of halogens is 1. The molecule has 1 amide bonds. The van der Waals surface area contributed by atoms with Crippen molar-refractivity contribution in [2.24, 2.45) is 5.92 Å². The maximum absolute atomic E-state index is 13.4. The minimum Gasteiger partial charge on any atom is -0.339 e. The highest BCUT2D eigenvalue weighted by molar-refractivity contribution is 7.92. The molecule has 5 nitrogen and oxygen atoms in total. The number of anilines is 1. The lowest BCUT2D eigenvalue weighted by molar-refractivity contribution is 0.0690. The topological polar surface area (TPSA) is 66.5 Å². The first-order valence-corrected chi connectivity index (χ1v) is 12.1. The van der Waals surface area contributed by atoms with Crippen LogP contribution in [0, 0.1) is 11.7 Å². The second-order valence-electron chi connectivity index (χ2n) is 8.07. The summed E-state index contributed by atoms with van der Waals surface area (Å²) < 4.78 is 40.6. The van der Waals surface area contributed by atoms with Crippen LogP contribution in [0.15, 0.2) is 83.8 Å². The SMILES string of the molecule is O=C(c1ccc(NS(=O)(=O)c2cccc(F)c2)cc1)N1CCC(Cc2ccccc2)CC1. The Labute approximate surface area is 187 Å². The second-order valence-corrected chi connectivity index (χ2v) is 9.75. The van der Waals surface area contributed by atoms with Gasteiger partial charge in [-0.15, -0.1) is 0 Å². The summed E-state index contributed by atoms with van der Waals surface area (Å²) in [5.74, 6) is -0.106. The Bertz CT molecular complexity index is 1170. The van der Waals surface area contributed by atoms with Gasteiger partial charge in [0, 0.05) is 24.3 Å². The van der Waals surface area contributed by atoms with Crippen molar-refractivity contribution >= 4 is 21.6 Å². The van der Waals surface area contributed by atoms with Crippen molar-refractivity contribution < 1.29 is 17.6 Å². The number of carbonyl (C=O) groups is 1. The van der Waals surface area contributed by atoms with Crippen molar-refractivity contribution in [2.75, 3.05) is 17.8 Å². The van der Waals surface area contributed by atoms with E-state index in [0.717, 1.165) is 25.3 Å². The lowest BCUT2D eigenvalue weighted by Gasteiger charge is -2.32. The Balaban J connectivity index is 1.34. The number of likely N-dealkylation sites (tertiary alicyclic amines) is 1. The molecule has 0 radical (unpaired) electrons. The smallest absolute Gasteiger partial charge is 0.261 e.